The van der Waals surface area contributed by atoms with Crippen LogP contribution in [0.1, 0.15) is 6.92 Å². The summed E-state index contributed by atoms with van der Waals surface area (Å²) in [5, 5.41) is 9.77. The highest BCUT2D eigenvalue weighted by Gasteiger charge is 2.40. The summed E-state index contributed by atoms with van der Waals surface area (Å²) in [7, 11) is 0. The molecule has 0 radical (unpaired) electrons. The first-order chi connectivity index (χ1) is 16.7. The van der Waals surface area contributed by atoms with Crippen molar-refractivity contribution in [2.75, 3.05) is 6.61 Å². The molecule has 2 atom stereocenters. The second kappa shape index (κ2) is 10.0. The average Bonchev–Trinajstić information content (AvgIpc) is 3.25. The maximum absolute atomic E-state index is 13.3. The summed E-state index contributed by atoms with van der Waals surface area (Å²) in [6.07, 6.45) is -5.99. The number of alkyl halides is 3. The number of H-pyrrole nitrogens is 1. The van der Waals surface area contributed by atoms with E-state index in [0.717, 1.165) is 0 Å². The van der Waals surface area contributed by atoms with Gasteiger partial charge in [0.1, 0.15) is 29.6 Å². The second-order valence-electron chi connectivity index (χ2n) is 7.83. The van der Waals surface area contributed by atoms with Crippen LogP contribution >= 0.6 is 0 Å². The summed E-state index contributed by atoms with van der Waals surface area (Å²) in [6.45, 7) is 1.28. The van der Waals surface area contributed by atoms with Crippen molar-refractivity contribution in [2.45, 2.75) is 25.2 Å². The molecule has 0 aliphatic heterocycles. The number of carbonyl (C=O) groups is 1. The van der Waals surface area contributed by atoms with E-state index in [0.29, 0.717) is 33.7 Å². The minimum absolute atomic E-state index is 0.127. The van der Waals surface area contributed by atoms with Gasteiger partial charge in [0.15, 0.2) is 6.10 Å². The summed E-state index contributed by atoms with van der Waals surface area (Å²) < 4.78 is 63.4. The Balaban J connectivity index is 1.59. The quantitative estimate of drug-likeness (QED) is 0.333. The monoisotopic (exact) mass is 487 g/mol. The Labute approximate surface area is 197 Å². The van der Waals surface area contributed by atoms with Crippen molar-refractivity contribution in [3.8, 4) is 22.8 Å². The zero-order valence-electron chi connectivity index (χ0n) is 18.5. The zero-order chi connectivity index (χ0) is 25.0. The number of halogens is 4. The Morgan fingerprint density at radius 2 is 1.74 bits per heavy atom. The highest BCUT2D eigenvalue weighted by Crippen LogP contribution is 2.30. The molecular weight excluding hydrogens is 466 g/mol. The number of ether oxygens (including phenoxy) is 2. The third-order valence-electron chi connectivity index (χ3n) is 5.27. The molecule has 182 valence electrons. The first-order valence-electron chi connectivity index (χ1n) is 10.7. The van der Waals surface area contributed by atoms with Gasteiger partial charge in [0, 0.05) is 10.9 Å². The predicted molar refractivity (Wildman–Crippen MR) is 122 cm³/mol. The summed E-state index contributed by atoms with van der Waals surface area (Å²) in [6, 6.07) is 18.5. The molecule has 3 aromatic carbocycles. The molecule has 0 aliphatic carbocycles. The molecule has 6 nitrogen and oxygen atoms in total. The molecule has 0 bridgehead atoms. The molecule has 0 unspecified atom stereocenters. The largest absolute Gasteiger partial charge is 0.490 e. The predicted octanol–water partition coefficient (Wildman–Crippen LogP) is 5.26. The van der Waals surface area contributed by atoms with Crippen LogP contribution in [0.2, 0.25) is 0 Å². The maximum atomic E-state index is 13.3. The van der Waals surface area contributed by atoms with Gasteiger partial charge >= 0.3 is 12.1 Å². The van der Waals surface area contributed by atoms with Crippen molar-refractivity contribution in [2.24, 2.45) is 0 Å². The van der Waals surface area contributed by atoms with E-state index >= 15 is 0 Å². The van der Waals surface area contributed by atoms with Crippen molar-refractivity contribution in [3.63, 3.8) is 0 Å². The van der Waals surface area contributed by atoms with E-state index in [2.05, 4.69) is 10.2 Å². The Bertz CT molecular complexity index is 1290. The third kappa shape index (κ3) is 5.89. The van der Waals surface area contributed by atoms with Gasteiger partial charge in [-0.3, -0.25) is 9.89 Å². The SMILES string of the molecule is C[C@@H](NC(=O)C(F)(F)F)[C@H](COc1ccccc1)Oc1ccc2[nH]nc(-c3ccc(F)cc3)c2c1. The topological polar surface area (TPSA) is 76.2 Å². The summed E-state index contributed by atoms with van der Waals surface area (Å²) in [4.78, 5) is 11.5. The van der Waals surface area contributed by atoms with Crippen molar-refractivity contribution in [1.82, 2.24) is 15.5 Å². The smallest absolute Gasteiger partial charge is 0.471 e. The van der Waals surface area contributed by atoms with Crippen molar-refractivity contribution >= 4 is 16.8 Å². The molecule has 0 saturated heterocycles. The van der Waals surface area contributed by atoms with E-state index in [4.69, 9.17) is 9.47 Å². The van der Waals surface area contributed by atoms with Gasteiger partial charge in [-0.2, -0.15) is 18.3 Å². The van der Waals surface area contributed by atoms with Crippen LogP contribution in [0.4, 0.5) is 17.6 Å². The van der Waals surface area contributed by atoms with Crippen LogP contribution in [0.5, 0.6) is 11.5 Å². The Kier molecular flexibility index (Phi) is 6.90. The van der Waals surface area contributed by atoms with Crippen LogP contribution in [0.25, 0.3) is 22.2 Å². The molecule has 4 rings (SSSR count). The zero-order valence-corrected chi connectivity index (χ0v) is 18.5. The molecule has 0 saturated carbocycles. The molecule has 10 heteroatoms. The van der Waals surface area contributed by atoms with Gasteiger partial charge in [-0.1, -0.05) is 18.2 Å². The van der Waals surface area contributed by atoms with Gasteiger partial charge in [-0.15, -0.1) is 0 Å². The molecule has 1 amide bonds. The van der Waals surface area contributed by atoms with Crippen LogP contribution in [0.3, 0.4) is 0 Å². The minimum atomic E-state index is -5.03. The van der Waals surface area contributed by atoms with Gasteiger partial charge in [0.05, 0.1) is 11.6 Å². The van der Waals surface area contributed by atoms with Crippen LogP contribution in [-0.2, 0) is 4.79 Å². The molecule has 2 N–H and O–H groups in total. The number of fused-ring (bicyclic) bond motifs is 1. The first kappa shape index (κ1) is 24.1. The van der Waals surface area contributed by atoms with Gasteiger partial charge in [-0.05, 0) is 61.5 Å². The Morgan fingerprint density at radius 1 is 1.03 bits per heavy atom. The average molecular weight is 487 g/mol. The third-order valence-corrected chi connectivity index (χ3v) is 5.27. The molecule has 35 heavy (non-hydrogen) atoms. The number of nitrogens with one attached hydrogen (secondary N) is 2. The molecule has 0 aliphatic rings. The van der Waals surface area contributed by atoms with Gasteiger partial charge in [0.2, 0.25) is 0 Å². The molecular formula is C25H21F4N3O3. The Hall–Kier alpha value is -4.08. The highest BCUT2D eigenvalue weighted by atomic mass is 19.4. The second-order valence-corrected chi connectivity index (χ2v) is 7.83. The van der Waals surface area contributed by atoms with E-state index in [-0.39, 0.29) is 12.4 Å². The van der Waals surface area contributed by atoms with Crippen LogP contribution in [0.15, 0.2) is 72.8 Å². The fourth-order valence-corrected chi connectivity index (χ4v) is 3.43. The van der Waals surface area contributed by atoms with Crippen molar-refractivity contribution in [3.05, 3.63) is 78.6 Å². The lowest BCUT2D eigenvalue weighted by Crippen LogP contribution is -2.50. The fourth-order valence-electron chi connectivity index (χ4n) is 3.43. The number of benzene rings is 3. The van der Waals surface area contributed by atoms with Crippen LogP contribution in [0, 0.1) is 5.82 Å². The summed E-state index contributed by atoms with van der Waals surface area (Å²) in [5.41, 5.74) is 1.91. The molecule has 4 aromatic rings. The van der Waals surface area contributed by atoms with E-state index in [9.17, 15) is 22.4 Å². The number of amides is 1. The van der Waals surface area contributed by atoms with Crippen molar-refractivity contribution in [1.29, 1.82) is 0 Å². The number of hydrogen-bond donors (Lipinski definition) is 2. The highest BCUT2D eigenvalue weighted by molar-refractivity contribution is 5.93. The van der Waals surface area contributed by atoms with Crippen LogP contribution in [-0.4, -0.2) is 41.0 Å². The molecule has 0 spiro atoms. The standard InChI is InChI=1S/C25H21F4N3O3/c1-15(30-24(33)25(27,28)29)22(14-34-18-5-3-2-4-6-18)35-19-11-12-21-20(13-19)23(32-31-21)16-7-9-17(26)10-8-16/h2-13,15,22H,14H2,1H3,(H,30,33)(H,31,32)/t15-,22+/m1/s1. The normalized spacial score (nSPS) is 13.3. The minimum Gasteiger partial charge on any atom is -0.490 e. The maximum Gasteiger partial charge on any atom is 0.471 e. The van der Waals surface area contributed by atoms with Gasteiger partial charge in [-0.25, -0.2) is 4.39 Å². The summed E-state index contributed by atoms with van der Waals surface area (Å²) >= 11 is 0. The number of aromatic amines is 1. The number of rotatable bonds is 8. The lowest BCUT2D eigenvalue weighted by Gasteiger charge is -2.26. The van der Waals surface area contributed by atoms with E-state index in [1.807, 2.05) is 5.32 Å². The number of para-hydroxylation sites is 1. The number of nitrogens with zero attached hydrogens (tertiary/aromatic N) is 1. The summed E-state index contributed by atoms with van der Waals surface area (Å²) in [5.74, 6) is -1.62. The van der Waals surface area contributed by atoms with Crippen molar-refractivity contribution < 1.29 is 31.8 Å². The first-order valence-corrected chi connectivity index (χ1v) is 10.7. The molecule has 0 fully saturated rings. The lowest BCUT2D eigenvalue weighted by atomic mass is 10.1. The fraction of sp³-hybridized carbons (Fsp3) is 0.200. The van der Waals surface area contributed by atoms with Gasteiger partial charge in [0.25, 0.3) is 0 Å². The Morgan fingerprint density at radius 3 is 2.43 bits per heavy atom. The van der Waals surface area contributed by atoms with Crippen LogP contribution < -0.4 is 14.8 Å². The van der Waals surface area contributed by atoms with E-state index in [1.165, 1.54) is 19.1 Å². The lowest BCUT2D eigenvalue weighted by molar-refractivity contribution is -0.175. The number of carbonyl (C=O) groups excluding carboxylic acids is 1. The molecule has 1 heterocycles. The number of hydrogen-bond acceptors (Lipinski definition) is 4. The van der Waals surface area contributed by atoms with E-state index in [1.54, 1.807) is 60.7 Å². The number of aromatic nitrogens is 2. The van der Waals surface area contributed by atoms with E-state index < -0.39 is 24.2 Å². The van der Waals surface area contributed by atoms with Gasteiger partial charge < -0.3 is 14.8 Å². The molecule has 1 aromatic heterocycles.